The first kappa shape index (κ1) is 15.2. The molecule has 108 valence electrons. The van der Waals surface area contributed by atoms with Crippen LogP contribution >= 0.6 is 11.3 Å². The molecule has 0 radical (unpaired) electrons. The molecule has 0 unspecified atom stereocenters. The van der Waals surface area contributed by atoms with E-state index in [0.29, 0.717) is 16.4 Å². The Bertz CT molecular complexity index is 676. The molecule has 4 nitrogen and oxygen atoms in total. The van der Waals surface area contributed by atoms with E-state index in [1.165, 1.54) is 11.3 Å². The van der Waals surface area contributed by atoms with Gasteiger partial charge in [0.1, 0.15) is 10.8 Å². The van der Waals surface area contributed by atoms with Gasteiger partial charge >= 0.3 is 0 Å². The zero-order chi connectivity index (χ0) is 14.8. The van der Waals surface area contributed by atoms with Gasteiger partial charge in [-0.25, -0.2) is 13.4 Å². The molecule has 0 spiro atoms. The Morgan fingerprint density at radius 3 is 2.40 bits per heavy atom. The minimum absolute atomic E-state index is 0.0681. The fraction of sp³-hybridized carbons (Fsp3) is 0.357. The van der Waals surface area contributed by atoms with E-state index in [1.807, 2.05) is 13.8 Å². The van der Waals surface area contributed by atoms with Crippen LogP contribution in [-0.2, 0) is 22.1 Å². The normalized spacial score (nSPS) is 12.0. The van der Waals surface area contributed by atoms with Gasteiger partial charge in [0.25, 0.3) is 0 Å². The third-order valence-corrected chi connectivity index (χ3v) is 5.84. The molecule has 2 aromatic rings. The van der Waals surface area contributed by atoms with Crippen molar-refractivity contribution in [2.24, 2.45) is 5.73 Å². The minimum atomic E-state index is -3.34. The summed E-state index contributed by atoms with van der Waals surface area (Å²) >= 11 is 1.39. The molecule has 0 aliphatic heterocycles. The van der Waals surface area contributed by atoms with Crippen LogP contribution < -0.4 is 5.73 Å². The highest BCUT2D eigenvalue weighted by molar-refractivity contribution is 7.90. The first-order valence-corrected chi connectivity index (χ1v) is 8.87. The summed E-state index contributed by atoms with van der Waals surface area (Å²) in [6, 6.07) is 8.46. The van der Waals surface area contributed by atoms with Gasteiger partial charge in [0, 0.05) is 11.4 Å². The predicted octanol–water partition coefficient (Wildman–Crippen LogP) is 2.70. The van der Waals surface area contributed by atoms with E-state index in [-0.39, 0.29) is 11.7 Å². The number of benzene rings is 1. The van der Waals surface area contributed by atoms with Crippen LogP contribution in [0.3, 0.4) is 0 Å². The van der Waals surface area contributed by atoms with Crippen LogP contribution in [0.2, 0.25) is 0 Å². The molecule has 0 aliphatic carbocycles. The van der Waals surface area contributed by atoms with Crippen molar-refractivity contribution < 1.29 is 8.42 Å². The van der Waals surface area contributed by atoms with E-state index < -0.39 is 9.84 Å². The van der Waals surface area contributed by atoms with Gasteiger partial charge in [-0.2, -0.15) is 0 Å². The Hall–Kier alpha value is -1.24. The second-order valence-corrected chi connectivity index (χ2v) is 8.00. The molecular weight excluding hydrogens is 292 g/mol. The fourth-order valence-corrected chi connectivity index (χ4v) is 4.67. The van der Waals surface area contributed by atoms with Crippen LogP contribution in [0.4, 0.5) is 0 Å². The zero-order valence-electron chi connectivity index (χ0n) is 11.5. The molecular formula is C14H18N2O2S2. The van der Waals surface area contributed by atoms with Gasteiger partial charge in [-0.15, -0.1) is 11.3 Å². The molecule has 1 heterocycles. The quantitative estimate of drug-likeness (QED) is 0.921. The number of rotatable bonds is 5. The van der Waals surface area contributed by atoms with E-state index in [2.05, 4.69) is 4.98 Å². The molecule has 0 saturated heterocycles. The maximum atomic E-state index is 12.3. The van der Waals surface area contributed by atoms with Gasteiger partial charge < -0.3 is 5.73 Å². The van der Waals surface area contributed by atoms with Crippen molar-refractivity contribution in [2.45, 2.75) is 37.0 Å². The zero-order valence-corrected chi connectivity index (χ0v) is 13.2. The topological polar surface area (TPSA) is 73.0 Å². The van der Waals surface area contributed by atoms with Crippen molar-refractivity contribution in [1.82, 2.24) is 4.98 Å². The second-order valence-electron chi connectivity index (χ2n) is 4.85. The number of hydrogen-bond acceptors (Lipinski definition) is 5. The Morgan fingerprint density at radius 1 is 1.25 bits per heavy atom. The van der Waals surface area contributed by atoms with Gasteiger partial charge in [-0.3, -0.25) is 0 Å². The van der Waals surface area contributed by atoms with E-state index in [9.17, 15) is 8.42 Å². The number of sulfone groups is 1. The van der Waals surface area contributed by atoms with E-state index in [4.69, 9.17) is 5.73 Å². The lowest BCUT2D eigenvalue weighted by molar-refractivity contribution is 0.595. The number of nitrogens with two attached hydrogens (primary N) is 1. The molecule has 0 amide bonds. The molecule has 6 heteroatoms. The highest BCUT2D eigenvalue weighted by atomic mass is 32.2. The monoisotopic (exact) mass is 310 g/mol. The van der Waals surface area contributed by atoms with Gasteiger partial charge in [-0.05, 0) is 18.1 Å². The maximum Gasteiger partial charge on any atom is 0.184 e. The lowest BCUT2D eigenvalue weighted by atomic mass is 10.1. The summed E-state index contributed by atoms with van der Waals surface area (Å²) in [5.41, 5.74) is 6.61. The molecule has 1 aromatic carbocycles. The van der Waals surface area contributed by atoms with Gasteiger partial charge in [0.2, 0.25) is 0 Å². The van der Waals surface area contributed by atoms with Crippen LogP contribution in [0.1, 0.15) is 35.3 Å². The first-order valence-electron chi connectivity index (χ1n) is 6.40. The van der Waals surface area contributed by atoms with Crippen molar-refractivity contribution in [3.63, 3.8) is 0 Å². The van der Waals surface area contributed by atoms with Crippen LogP contribution in [0.5, 0.6) is 0 Å². The molecule has 20 heavy (non-hydrogen) atoms. The van der Waals surface area contributed by atoms with Crippen molar-refractivity contribution in [2.75, 3.05) is 0 Å². The number of aromatic nitrogens is 1. The van der Waals surface area contributed by atoms with Crippen LogP contribution in [0.15, 0.2) is 35.2 Å². The Labute approximate surface area is 123 Å². The van der Waals surface area contributed by atoms with Crippen LogP contribution in [-0.4, -0.2) is 13.4 Å². The lowest BCUT2D eigenvalue weighted by Crippen LogP contribution is -2.04. The summed E-state index contributed by atoms with van der Waals surface area (Å²) in [6.45, 7) is 4.46. The molecule has 0 atom stereocenters. The summed E-state index contributed by atoms with van der Waals surface area (Å²) in [7, 11) is -3.34. The molecule has 0 saturated carbocycles. The minimum Gasteiger partial charge on any atom is -0.326 e. The lowest BCUT2D eigenvalue weighted by Gasteiger charge is -2.02. The van der Waals surface area contributed by atoms with Crippen molar-refractivity contribution in [3.05, 3.63) is 45.9 Å². The molecule has 1 aromatic heterocycles. The van der Waals surface area contributed by atoms with Crippen LogP contribution in [0, 0.1) is 0 Å². The standard InChI is InChI=1S/C14H18N2O2S2/c1-10(2)14-12(8-15)19-13(16-14)9-20(17,18)11-6-4-3-5-7-11/h3-7,10H,8-9,15H2,1-2H3. The van der Waals surface area contributed by atoms with Gasteiger partial charge in [0.15, 0.2) is 9.84 Å². The SMILES string of the molecule is CC(C)c1nc(CS(=O)(=O)c2ccccc2)sc1CN. The van der Waals surface area contributed by atoms with Crippen LogP contribution in [0.25, 0.3) is 0 Å². The Balaban J connectivity index is 2.31. The number of hydrogen-bond donors (Lipinski definition) is 1. The average Bonchev–Trinajstić information content (AvgIpc) is 2.82. The van der Waals surface area contributed by atoms with Crippen molar-refractivity contribution in [1.29, 1.82) is 0 Å². The molecule has 2 rings (SSSR count). The van der Waals surface area contributed by atoms with Gasteiger partial charge in [0.05, 0.1) is 10.6 Å². The molecule has 0 aliphatic rings. The third kappa shape index (κ3) is 3.26. The van der Waals surface area contributed by atoms with Crippen molar-refractivity contribution >= 4 is 21.2 Å². The third-order valence-electron chi connectivity index (χ3n) is 2.92. The number of nitrogens with zero attached hydrogens (tertiary/aromatic N) is 1. The summed E-state index contributed by atoms with van der Waals surface area (Å²) in [5, 5.41) is 0.609. The summed E-state index contributed by atoms with van der Waals surface area (Å²) in [6.07, 6.45) is 0. The Morgan fingerprint density at radius 2 is 1.90 bits per heavy atom. The fourth-order valence-electron chi connectivity index (χ4n) is 1.95. The molecule has 0 bridgehead atoms. The maximum absolute atomic E-state index is 12.3. The van der Waals surface area contributed by atoms with Crippen molar-refractivity contribution in [3.8, 4) is 0 Å². The van der Waals surface area contributed by atoms with Gasteiger partial charge in [-0.1, -0.05) is 32.0 Å². The largest absolute Gasteiger partial charge is 0.326 e. The smallest absolute Gasteiger partial charge is 0.184 e. The highest BCUT2D eigenvalue weighted by Crippen LogP contribution is 2.27. The van der Waals surface area contributed by atoms with E-state index in [0.717, 1.165) is 10.6 Å². The first-order chi connectivity index (χ1) is 9.44. The summed E-state index contributed by atoms with van der Waals surface area (Å²) in [5.74, 6) is 0.180. The summed E-state index contributed by atoms with van der Waals surface area (Å²) < 4.78 is 24.6. The predicted molar refractivity (Wildman–Crippen MR) is 81.4 cm³/mol. The number of thiazole rings is 1. The second kappa shape index (κ2) is 6.03. The Kier molecular flexibility index (Phi) is 4.57. The average molecular weight is 310 g/mol. The summed E-state index contributed by atoms with van der Waals surface area (Å²) in [4.78, 5) is 5.75. The molecule has 0 fully saturated rings. The van der Waals surface area contributed by atoms with E-state index in [1.54, 1.807) is 30.3 Å². The molecule has 2 N–H and O–H groups in total. The van der Waals surface area contributed by atoms with E-state index >= 15 is 0 Å². The highest BCUT2D eigenvalue weighted by Gasteiger charge is 2.20.